The molecule has 0 fully saturated rings. The minimum absolute atomic E-state index is 0.434. The molecule has 0 saturated heterocycles. The molecule has 1 heterocycles. The van der Waals surface area contributed by atoms with E-state index in [0.717, 1.165) is 28.0 Å². The molecule has 2 aromatic carbocycles. The van der Waals surface area contributed by atoms with Crippen molar-refractivity contribution in [1.29, 1.82) is 0 Å². The second-order valence-corrected chi connectivity index (χ2v) is 7.44. The SMILES string of the molecule is Cc1cccc(C[S+]([O-])c2nc3ccccc3nc2C)c1N(C)C. The Balaban J connectivity index is 1.98. The predicted molar refractivity (Wildman–Crippen MR) is 99.9 cm³/mol. The molecule has 0 radical (unpaired) electrons. The lowest BCUT2D eigenvalue weighted by Crippen LogP contribution is -2.16. The molecule has 0 spiro atoms. The molecular formula is C19H21N3OS. The smallest absolute Gasteiger partial charge is 0.266 e. The lowest BCUT2D eigenvalue weighted by Gasteiger charge is -2.21. The molecule has 124 valence electrons. The van der Waals surface area contributed by atoms with Gasteiger partial charge in [0.05, 0.1) is 11.0 Å². The first-order chi connectivity index (χ1) is 11.5. The molecule has 0 bridgehead atoms. The summed E-state index contributed by atoms with van der Waals surface area (Å²) in [5.41, 5.74) is 5.70. The van der Waals surface area contributed by atoms with Crippen LogP contribution in [0.2, 0.25) is 0 Å². The van der Waals surface area contributed by atoms with Crippen molar-refractivity contribution in [3.8, 4) is 0 Å². The summed E-state index contributed by atoms with van der Waals surface area (Å²) < 4.78 is 13.0. The van der Waals surface area contributed by atoms with Crippen LogP contribution in [-0.2, 0) is 16.9 Å². The second-order valence-electron chi connectivity index (χ2n) is 6.07. The van der Waals surface area contributed by atoms with Crippen molar-refractivity contribution in [3.63, 3.8) is 0 Å². The summed E-state index contributed by atoms with van der Waals surface area (Å²) in [6, 6.07) is 13.8. The highest BCUT2D eigenvalue weighted by Crippen LogP contribution is 2.28. The van der Waals surface area contributed by atoms with Gasteiger partial charge in [0, 0.05) is 36.5 Å². The molecule has 1 atom stereocenters. The molecule has 4 nitrogen and oxygen atoms in total. The molecule has 1 aromatic heterocycles. The van der Waals surface area contributed by atoms with Crippen LogP contribution in [0.15, 0.2) is 47.5 Å². The van der Waals surface area contributed by atoms with Crippen molar-refractivity contribution in [2.45, 2.75) is 24.6 Å². The Morgan fingerprint density at radius 2 is 1.62 bits per heavy atom. The third kappa shape index (κ3) is 3.23. The maximum absolute atomic E-state index is 13.0. The van der Waals surface area contributed by atoms with Crippen LogP contribution < -0.4 is 4.90 Å². The van der Waals surface area contributed by atoms with Gasteiger partial charge < -0.3 is 9.45 Å². The standard InChI is InChI=1S/C19H21N3OS/c1-13-8-7-9-15(18(13)22(3)4)12-24(23)19-14(2)20-16-10-5-6-11-17(16)21-19/h5-11H,12H2,1-4H3. The van der Waals surface area contributed by atoms with Crippen molar-refractivity contribution >= 4 is 27.9 Å². The van der Waals surface area contributed by atoms with Gasteiger partial charge in [0.2, 0.25) is 0 Å². The highest BCUT2D eigenvalue weighted by molar-refractivity contribution is 7.90. The molecule has 1 unspecified atom stereocenters. The third-order valence-electron chi connectivity index (χ3n) is 3.97. The zero-order valence-electron chi connectivity index (χ0n) is 14.4. The number of aryl methyl sites for hydroxylation is 2. The highest BCUT2D eigenvalue weighted by Gasteiger charge is 2.21. The van der Waals surface area contributed by atoms with E-state index >= 15 is 0 Å². The molecule has 0 saturated carbocycles. The van der Waals surface area contributed by atoms with Crippen molar-refractivity contribution in [3.05, 3.63) is 59.3 Å². The first-order valence-electron chi connectivity index (χ1n) is 7.85. The Bertz CT molecular complexity index is 880. The van der Waals surface area contributed by atoms with E-state index in [1.807, 2.05) is 57.4 Å². The summed E-state index contributed by atoms with van der Waals surface area (Å²) in [5.74, 6) is 0.434. The third-order valence-corrected chi connectivity index (χ3v) is 5.36. The van der Waals surface area contributed by atoms with Crippen molar-refractivity contribution in [1.82, 2.24) is 9.97 Å². The van der Waals surface area contributed by atoms with E-state index in [2.05, 4.69) is 27.9 Å². The number of anilines is 1. The van der Waals surface area contributed by atoms with Crippen LogP contribution in [0.25, 0.3) is 11.0 Å². The number of hydrogen-bond acceptors (Lipinski definition) is 4. The van der Waals surface area contributed by atoms with Crippen molar-refractivity contribution < 1.29 is 4.55 Å². The maximum Gasteiger partial charge on any atom is 0.266 e. The van der Waals surface area contributed by atoms with E-state index in [1.165, 1.54) is 5.56 Å². The van der Waals surface area contributed by atoms with Crippen LogP contribution in [0.5, 0.6) is 0 Å². The Morgan fingerprint density at radius 1 is 0.958 bits per heavy atom. The zero-order chi connectivity index (χ0) is 17.3. The fraction of sp³-hybridized carbons (Fsp3) is 0.263. The summed E-state index contributed by atoms with van der Waals surface area (Å²) in [7, 11) is 4.02. The van der Waals surface area contributed by atoms with Gasteiger partial charge in [-0.25, -0.2) is 4.98 Å². The van der Waals surface area contributed by atoms with Crippen molar-refractivity contribution in [2.75, 3.05) is 19.0 Å². The van der Waals surface area contributed by atoms with Crippen LogP contribution in [-0.4, -0.2) is 28.6 Å². The molecule has 0 aliphatic heterocycles. The van der Waals surface area contributed by atoms with E-state index in [9.17, 15) is 4.55 Å². The van der Waals surface area contributed by atoms with Gasteiger partial charge in [-0.2, -0.15) is 4.98 Å². The highest BCUT2D eigenvalue weighted by atomic mass is 32.2. The molecule has 0 aliphatic rings. The average molecular weight is 339 g/mol. The van der Waals surface area contributed by atoms with Gasteiger partial charge in [0.15, 0.2) is 0 Å². The quantitative estimate of drug-likeness (QED) is 0.681. The summed E-state index contributed by atoms with van der Waals surface area (Å²) in [6.07, 6.45) is 0. The Hall–Kier alpha value is -2.11. The van der Waals surface area contributed by atoms with E-state index in [0.29, 0.717) is 10.8 Å². The van der Waals surface area contributed by atoms with Gasteiger partial charge in [0.25, 0.3) is 5.03 Å². The summed E-state index contributed by atoms with van der Waals surface area (Å²) in [4.78, 5) is 11.2. The fourth-order valence-electron chi connectivity index (χ4n) is 2.97. The Labute approximate surface area is 145 Å². The summed E-state index contributed by atoms with van der Waals surface area (Å²) >= 11 is -1.24. The molecule has 3 rings (SSSR count). The van der Waals surface area contributed by atoms with Crippen LogP contribution >= 0.6 is 0 Å². The van der Waals surface area contributed by atoms with Gasteiger partial charge in [-0.3, -0.25) is 0 Å². The number of rotatable bonds is 4. The van der Waals surface area contributed by atoms with E-state index in [4.69, 9.17) is 0 Å². The largest absolute Gasteiger partial charge is 0.610 e. The van der Waals surface area contributed by atoms with Gasteiger partial charge in [-0.15, -0.1) is 0 Å². The average Bonchev–Trinajstić information content (AvgIpc) is 2.53. The summed E-state index contributed by atoms with van der Waals surface area (Å²) in [5, 5.41) is 0.569. The number of nitrogens with zero attached hydrogens (tertiary/aromatic N) is 3. The van der Waals surface area contributed by atoms with Gasteiger partial charge in [-0.05, 0) is 31.5 Å². The van der Waals surface area contributed by atoms with Crippen LogP contribution in [0, 0.1) is 13.8 Å². The van der Waals surface area contributed by atoms with Crippen LogP contribution in [0.4, 0.5) is 5.69 Å². The number of para-hydroxylation sites is 3. The fourth-order valence-corrected chi connectivity index (χ4v) is 4.20. The topological polar surface area (TPSA) is 52.1 Å². The van der Waals surface area contributed by atoms with Gasteiger partial charge >= 0.3 is 0 Å². The molecule has 3 aromatic rings. The second kappa shape index (κ2) is 6.79. The molecule has 0 amide bonds. The molecule has 0 aliphatic carbocycles. The minimum atomic E-state index is -1.24. The lowest BCUT2D eigenvalue weighted by molar-refractivity contribution is 0.589. The first-order valence-corrected chi connectivity index (χ1v) is 9.17. The van der Waals surface area contributed by atoms with E-state index in [-0.39, 0.29) is 0 Å². The summed E-state index contributed by atoms with van der Waals surface area (Å²) in [6.45, 7) is 3.94. The van der Waals surface area contributed by atoms with Gasteiger partial charge in [0.1, 0.15) is 11.4 Å². The van der Waals surface area contributed by atoms with E-state index < -0.39 is 11.2 Å². The number of fused-ring (bicyclic) bond motifs is 1. The van der Waals surface area contributed by atoms with Crippen LogP contribution in [0.3, 0.4) is 0 Å². The Morgan fingerprint density at radius 3 is 2.29 bits per heavy atom. The minimum Gasteiger partial charge on any atom is -0.610 e. The van der Waals surface area contributed by atoms with Crippen LogP contribution in [0.1, 0.15) is 16.8 Å². The normalized spacial score (nSPS) is 12.4. The number of hydrogen-bond donors (Lipinski definition) is 0. The van der Waals surface area contributed by atoms with Crippen molar-refractivity contribution in [2.24, 2.45) is 0 Å². The zero-order valence-corrected chi connectivity index (χ0v) is 15.2. The molecule has 5 heteroatoms. The number of aromatic nitrogens is 2. The predicted octanol–water partition coefficient (Wildman–Crippen LogP) is 3.62. The first kappa shape index (κ1) is 16.7. The molecular weight excluding hydrogens is 318 g/mol. The number of benzene rings is 2. The van der Waals surface area contributed by atoms with E-state index in [1.54, 1.807) is 0 Å². The Kier molecular flexibility index (Phi) is 4.73. The molecule has 0 N–H and O–H groups in total. The lowest BCUT2D eigenvalue weighted by atomic mass is 10.1. The maximum atomic E-state index is 13.0. The van der Waals surface area contributed by atoms with Gasteiger partial charge in [-0.1, -0.05) is 30.3 Å². The monoisotopic (exact) mass is 339 g/mol. The molecule has 24 heavy (non-hydrogen) atoms.